The van der Waals surface area contributed by atoms with Gasteiger partial charge in [0, 0.05) is 11.6 Å². The highest BCUT2D eigenvalue weighted by Crippen LogP contribution is 2.36. The lowest BCUT2D eigenvalue weighted by Crippen LogP contribution is -2.29. The second kappa shape index (κ2) is 11.8. The first-order valence-corrected chi connectivity index (χ1v) is 13.6. The number of carbonyl (C=O) groups is 1. The van der Waals surface area contributed by atoms with E-state index in [0.717, 1.165) is 23.2 Å². The predicted molar refractivity (Wildman–Crippen MR) is 157 cm³/mol. The highest BCUT2D eigenvalue weighted by Gasteiger charge is 2.32. The summed E-state index contributed by atoms with van der Waals surface area (Å²) < 4.78 is 11.8. The van der Waals surface area contributed by atoms with Gasteiger partial charge in [-0.05, 0) is 82.6 Å². The molecule has 0 atom stereocenters. The Labute approximate surface area is 231 Å². The Morgan fingerprint density at radius 2 is 1.76 bits per heavy atom. The Morgan fingerprint density at radius 1 is 0.974 bits per heavy atom. The Bertz CT molecular complexity index is 1530. The van der Waals surface area contributed by atoms with E-state index in [9.17, 15) is 4.79 Å². The van der Waals surface area contributed by atoms with E-state index in [0.29, 0.717) is 39.7 Å². The minimum Gasteiger partial charge on any atom is -0.493 e. The van der Waals surface area contributed by atoms with Crippen LogP contribution in [0.5, 0.6) is 11.5 Å². The number of halogens is 1. The monoisotopic (exact) mass is 542 g/mol. The molecule has 0 unspecified atom stereocenters. The van der Waals surface area contributed by atoms with Crippen LogP contribution >= 0.6 is 23.4 Å². The molecule has 4 aromatic carbocycles. The summed E-state index contributed by atoms with van der Waals surface area (Å²) in [6.45, 7) is 3.06. The average molecular weight is 543 g/mol. The molecule has 5 nitrogen and oxygen atoms in total. The molecule has 0 saturated carbocycles. The molecule has 0 radical (unpaired) electrons. The number of methoxy groups -OCH3 is 1. The molecule has 0 aromatic heterocycles. The molecule has 1 saturated heterocycles. The van der Waals surface area contributed by atoms with E-state index in [4.69, 9.17) is 26.1 Å². The van der Waals surface area contributed by atoms with Gasteiger partial charge in [0.05, 0.1) is 17.7 Å². The topological polar surface area (TPSA) is 51.1 Å². The number of ether oxygens (including phenoxy) is 2. The van der Waals surface area contributed by atoms with Crippen LogP contribution in [0, 0.1) is 0 Å². The number of amidine groups is 1. The molecule has 1 aliphatic rings. The van der Waals surface area contributed by atoms with Crippen molar-refractivity contribution in [3.63, 3.8) is 0 Å². The number of fused-ring (bicyclic) bond motifs is 1. The van der Waals surface area contributed by atoms with Crippen LogP contribution < -0.4 is 9.47 Å². The lowest BCUT2D eigenvalue weighted by molar-refractivity contribution is -0.122. The quantitative estimate of drug-likeness (QED) is 0.211. The summed E-state index contributed by atoms with van der Waals surface area (Å²) >= 11 is 7.38. The van der Waals surface area contributed by atoms with E-state index >= 15 is 0 Å². The fourth-order valence-electron chi connectivity index (χ4n) is 4.26. The summed E-state index contributed by atoms with van der Waals surface area (Å²) in [4.78, 5) is 20.3. The molecule has 1 aliphatic heterocycles. The summed E-state index contributed by atoms with van der Waals surface area (Å²) in [6.07, 6.45) is 2.70. The maximum Gasteiger partial charge on any atom is 0.266 e. The van der Waals surface area contributed by atoms with Gasteiger partial charge in [0.1, 0.15) is 6.61 Å². The summed E-state index contributed by atoms with van der Waals surface area (Å²) in [7, 11) is 1.62. The molecule has 7 heteroatoms. The molecular weight excluding hydrogens is 516 g/mol. The third kappa shape index (κ3) is 5.72. The van der Waals surface area contributed by atoms with Crippen molar-refractivity contribution in [2.45, 2.75) is 20.0 Å². The van der Waals surface area contributed by atoms with Crippen molar-refractivity contribution in [2.24, 2.45) is 4.99 Å². The van der Waals surface area contributed by atoms with Gasteiger partial charge in [-0.15, -0.1) is 0 Å². The van der Waals surface area contributed by atoms with Gasteiger partial charge in [0.2, 0.25) is 0 Å². The van der Waals surface area contributed by atoms with Crippen molar-refractivity contribution in [2.75, 3.05) is 13.7 Å². The van der Waals surface area contributed by atoms with Crippen LogP contribution in [0.15, 0.2) is 94.8 Å². The van der Waals surface area contributed by atoms with Crippen molar-refractivity contribution >= 4 is 57.0 Å². The van der Waals surface area contributed by atoms with Crippen LogP contribution in [0.2, 0.25) is 5.02 Å². The fourth-order valence-corrected chi connectivity index (χ4v) is 5.41. The Kier molecular flexibility index (Phi) is 8.01. The molecule has 192 valence electrons. The fraction of sp³-hybridized carbons (Fsp3) is 0.161. The maximum atomic E-state index is 13.2. The third-order valence-corrected chi connectivity index (χ3v) is 7.39. The number of nitrogens with zero attached hydrogens (tertiary/aromatic N) is 2. The highest BCUT2D eigenvalue weighted by atomic mass is 35.5. The van der Waals surface area contributed by atoms with E-state index in [2.05, 4.69) is 24.3 Å². The maximum absolute atomic E-state index is 13.2. The lowest BCUT2D eigenvalue weighted by atomic mass is 10.1. The molecule has 0 N–H and O–H groups in total. The highest BCUT2D eigenvalue weighted by molar-refractivity contribution is 8.18. The van der Waals surface area contributed by atoms with Gasteiger partial charge >= 0.3 is 0 Å². The first kappa shape index (κ1) is 25.9. The predicted octanol–water partition coefficient (Wildman–Crippen LogP) is 8.09. The number of carbonyl (C=O) groups excluding carboxylic acids is 1. The number of amides is 1. The molecule has 38 heavy (non-hydrogen) atoms. The van der Waals surface area contributed by atoms with Gasteiger partial charge < -0.3 is 9.47 Å². The minimum absolute atomic E-state index is 0.0557. The van der Waals surface area contributed by atoms with Crippen LogP contribution in [0.25, 0.3) is 16.8 Å². The summed E-state index contributed by atoms with van der Waals surface area (Å²) in [5.74, 6) is 1.20. The number of aliphatic imine (C=N–C) groups is 1. The van der Waals surface area contributed by atoms with Crippen LogP contribution in [0.1, 0.15) is 24.5 Å². The minimum atomic E-state index is -0.0557. The zero-order chi connectivity index (χ0) is 26.5. The normalized spacial score (nSPS) is 15.6. The van der Waals surface area contributed by atoms with E-state index in [-0.39, 0.29) is 5.91 Å². The molecular formula is C31H27ClN2O3S. The molecule has 1 heterocycles. The SMILES string of the molecule is CCCN1C(=O)/C(=C/c2ccc(OCc3cccc4ccccc34)c(OC)c2)SC1=Nc1ccc(Cl)cc1. The van der Waals surface area contributed by atoms with Crippen LogP contribution in [0.4, 0.5) is 5.69 Å². The van der Waals surface area contributed by atoms with Gasteiger partial charge in [-0.1, -0.05) is 67.1 Å². The molecule has 5 rings (SSSR count). The van der Waals surface area contributed by atoms with Crippen molar-refractivity contribution in [1.29, 1.82) is 0 Å². The van der Waals surface area contributed by atoms with E-state index in [1.807, 2.05) is 61.5 Å². The Morgan fingerprint density at radius 3 is 2.55 bits per heavy atom. The number of benzene rings is 4. The third-order valence-electron chi connectivity index (χ3n) is 6.14. The van der Waals surface area contributed by atoms with Crippen LogP contribution in [-0.4, -0.2) is 29.6 Å². The summed E-state index contributed by atoms with van der Waals surface area (Å²) in [5, 5.41) is 3.65. The van der Waals surface area contributed by atoms with Gasteiger partial charge in [-0.3, -0.25) is 9.69 Å². The smallest absolute Gasteiger partial charge is 0.266 e. The number of hydrogen-bond acceptors (Lipinski definition) is 5. The molecule has 0 aliphatic carbocycles. The second-order valence-electron chi connectivity index (χ2n) is 8.78. The second-order valence-corrected chi connectivity index (χ2v) is 10.2. The van der Waals surface area contributed by atoms with Gasteiger partial charge in [0.15, 0.2) is 16.7 Å². The van der Waals surface area contributed by atoms with Crippen LogP contribution in [-0.2, 0) is 11.4 Å². The first-order chi connectivity index (χ1) is 18.6. The van der Waals surface area contributed by atoms with Crippen LogP contribution in [0.3, 0.4) is 0 Å². The Balaban J connectivity index is 1.37. The Hall–Kier alpha value is -3.74. The van der Waals surface area contributed by atoms with Crippen molar-refractivity contribution in [3.05, 3.63) is 106 Å². The molecule has 4 aromatic rings. The number of hydrogen-bond donors (Lipinski definition) is 0. The lowest BCUT2D eigenvalue weighted by Gasteiger charge is -2.14. The average Bonchev–Trinajstić information content (AvgIpc) is 3.22. The summed E-state index contributed by atoms with van der Waals surface area (Å²) in [6, 6.07) is 27.4. The zero-order valence-corrected chi connectivity index (χ0v) is 22.8. The molecule has 1 fully saturated rings. The number of thioether (sulfide) groups is 1. The van der Waals surface area contributed by atoms with Crippen molar-refractivity contribution in [3.8, 4) is 11.5 Å². The van der Waals surface area contributed by atoms with E-state index < -0.39 is 0 Å². The summed E-state index contributed by atoms with van der Waals surface area (Å²) in [5.41, 5.74) is 2.70. The van der Waals surface area contributed by atoms with Gasteiger partial charge in [-0.2, -0.15) is 0 Å². The van der Waals surface area contributed by atoms with Crippen molar-refractivity contribution < 1.29 is 14.3 Å². The molecule has 1 amide bonds. The standard InChI is InChI=1S/C31H27ClN2O3S/c1-3-17-34-30(35)29(38-31(34)33-25-14-12-24(32)13-15-25)19-21-11-16-27(28(18-21)36-2)37-20-23-9-6-8-22-7-4-5-10-26(22)23/h4-16,18-19H,3,17,20H2,1-2H3/b29-19-,33-31?. The first-order valence-electron chi connectivity index (χ1n) is 12.4. The largest absolute Gasteiger partial charge is 0.493 e. The van der Waals surface area contributed by atoms with Gasteiger partial charge in [-0.25, -0.2) is 4.99 Å². The zero-order valence-electron chi connectivity index (χ0n) is 21.2. The molecule has 0 spiro atoms. The van der Waals surface area contributed by atoms with Crippen molar-refractivity contribution in [1.82, 2.24) is 4.90 Å². The molecule has 0 bridgehead atoms. The van der Waals surface area contributed by atoms with E-state index in [1.165, 1.54) is 22.5 Å². The van der Waals surface area contributed by atoms with E-state index in [1.54, 1.807) is 24.1 Å². The van der Waals surface area contributed by atoms with Gasteiger partial charge in [0.25, 0.3) is 5.91 Å². The number of rotatable bonds is 8.